The SMILES string of the molecule is COc1cc(C(N)C(C)=O)ccc1O. The first-order chi connectivity index (χ1) is 6.56. The lowest BCUT2D eigenvalue weighted by molar-refractivity contribution is -0.118. The Labute approximate surface area is 82.3 Å². The Morgan fingerprint density at radius 3 is 2.71 bits per heavy atom. The van der Waals surface area contributed by atoms with Crippen LogP contribution in [-0.4, -0.2) is 18.0 Å². The van der Waals surface area contributed by atoms with Gasteiger partial charge in [0.2, 0.25) is 0 Å². The van der Waals surface area contributed by atoms with Crippen molar-refractivity contribution < 1.29 is 14.6 Å². The summed E-state index contributed by atoms with van der Waals surface area (Å²) in [5, 5.41) is 9.30. The molecule has 3 N–H and O–H groups in total. The first-order valence-electron chi connectivity index (χ1n) is 4.19. The van der Waals surface area contributed by atoms with Crippen molar-refractivity contribution >= 4 is 5.78 Å². The maximum Gasteiger partial charge on any atom is 0.160 e. The molecule has 0 aliphatic carbocycles. The van der Waals surface area contributed by atoms with Crippen molar-refractivity contribution in [1.82, 2.24) is 0 Å². The van der Waals surface area contributed by atoms with Crippen molar-refractivity contribution in [2.45, 2.75) is 13.0 Å². The van der Waals surface area contributed by atoms with Gasteiger partial charge in [-0.05, 0) is 24.6 Å². The average Bonchev–Trinajstić information content (AvgIpc) is 2.17. The number of hydrogen-bond acceptors (Lipinski definition) is 4. The molecule has 76 valence electrons. The minimum absolute atomic E-state index is 0.0343. The highest BCUT2D eigenvalue weighted by molar-refractivity contribution is 5.82. The summed E-state index contributed by atoms with van der Waals surface area (Å²) >= 11 is 0. The fourth-order valence-electron chi connectivity index (χ4n) is 1.12. The van der Waals surface area contributed by atoms with Gasteiger partial charge in [-0.25, -0.2) is 0 Å². The predicted octanol–water partition coefficient (Wildman–Crippen LogP) is 0.990. The third-order valence-electron chi connectivity index (χ3n) is 2.00. The molecule has 0 fully saturated rings. The molecule has 1 unspecified atom stereocenters. The number of phenolic OH excluding ortho intramolecular Hbond substituents is 1. The summed E-state index contributed by atoms with van der Waals surface area (Å²) in [5.41, 5.74) is 6.26. The van der Waals surface area contributed by atoms with Gasteiger partial charge in [0.25, 0.3) is 0 Å². The summed E-state index contributed by atoms with van der Waals surface area (Å²) in [5.74, 6) is 0.226. The molecular weight excluding hydrogens is 182 g/mol. The average molecular weight is 195 g/mol. The highest BCUT2D eigenvalue weighted by Gasteiger charge is 2.13. The zero-order chi connectivity index (χ0) is 10.7. The number of Topliss-reactive ketones (excluding diaryl/α,β-unsaturated/α-hetero) is 1. The summed E-state index contributed by atoms with van der Waals surface area (Å²) in [4.78, 5) is 11.0. The maximum absolute atomic E-state index is 11.0. The molecule has 0 saturated heterocycles. The lowest BCUT2D eigenvalue weighted by atomic mass is 10.0. The number of aromatic hydroxyl groups is 1. The predicted molar refractivity (Wildman–Crippen MR) is 52.3 cm³/mol. The van der Waals surface area contributed by atoms with Gasteiger partial charge in [-0.3, -0.25) is 4.79 Å². The number of nitrogens with two attached hydrogens (primary N) is 1. The fourth-order valence-corrected chi connectivity index (χ4v) is 1.12. The van der Waals surface area contributed by atoms with E-state index in [0.717, 1.165) is 0 Å². The Hall–Kier alpha value is -1.55. The van der Waals surface area contributed by atoms with E-state index in [1.54, 1.807) is 12.1 Å². The van der Waals surface area contributed by atoms with E-state index in [1.165, 1.54) is 20.1 Å². The van der Waals surface area contributed by atoms with Crippen LogP contribution in [0.5, 0.6) is 11.5 Å². The Morgan fingerprint density at radius 1 is 1.57 bits per heavy atom. The molecule has 4 nitrogen and oxygen atoms in total. The van der Waals surface area contributed by atoms with Crippen molar-refractivity contribution in [3.05, 3.63) is 23.8 Å². The van der Waals surface area contributed by atoms with E-state index in [-0.39, 0.29) is 11.5 Å². The van der Waals surface area contributed by atoms with Gasteiger partial charge in [-0.1, -0.05) is 6.07 Å². The van der Waals surface area contributed by atoms with Crippen LogP contribution in [0.15, 0.2) is 18.2 Å². The molecule has 0 aliphatic rings. The molecule has 0 heterocycles. The van der Waals surface area contributed by atoms with Crippen LogP contribution in [0.25, 0.3) is 0 Å². The third-order valence-corrected chi connectivity index (χ3v) is 2.00. The number of carbonyl (C=O) groups is 1. The summed E-state index contributed by atoms with van der Waals surface area (Å²) in [6.07, 6.45) is 0. The van der Waals surface area contributed by atoms with E-state index in [2.05, 4.69) is 0 Å². The third kappa shape index (κ3) is 2.03. The van der Waals surface area contributed by atoms with Gasteiger partial charge in [0, 0.05) is 0 Å². The first-order valence-corrected chi connectivity index (χ1v) is 4.19. The second-order valence-corrected chi connectivity index (χ2v) is 3.02. The molecule has 0 aliphatic heterocycles. The molecule has 0 radical (unpaired) electrons. The largest absolute Gasteiger partial charge is 0.504 e. The standard InChI is InChI=1S/C10H13NO3/c1-6(12)10(11)7-3-4-8(13)9(5-7)14-2/h3-5,10,13H,11H2,1-2H3. The highest BCUT2D eigenvalue weighted by atomic mass is 16.5. The normalized spacial score (nSPS) is 12.2. The van der Waals surface area contributed by atoms with Crippen LogP contribution in [0.2, 0.25) is 0 Å². The topological polar surface area (TPSA) is 72.5 Å². The lowest BCUT2D eigenvalue weighted by Crippen LogP contribution is -2.18. The van der Waals surface area contributed by atoms with Gasteiger partial charge in [-0.15, -0.1) is 0 Å². The quantitative estimate of drug-likeness (QED) is 0.754. The number of phenols is 1. The van der Waals surface area contributed by atoms with Gasteiger partial charge < -0.3 is 15.6 Å². The molecular formula is C10H13NO3. The van der Waals surface area contributed by atoms with Crippen LogP contribution in [0.3, 0.4) is 0 Å². The van der Waals surface area contributed by atoms with Crippen LogP contribution in [0.4, 0.5) is 0 Å². The van der Waals surface area contributed by atoms with Crippen molar-refractivity contribution in [3.8, 4) is 11.5 Å². The van der Waals surface area contributed by atoms with Crippen molar-refractivity contribution in [1.29, 1.82) is 0 Å². The Balaban J connectivity index is 3.06. The van der Waals surface area contributed by atoms with E-state index in [0.29, 0.717) is 11.3 Å². The van der Waals surface area contributed by atoms with Crippen molar-refractivity contribution in [3.63, 3.8) is 0 Å². The number of carbonyl (C=O) groups excluding carboxylic acids is 1. The van der Waals surface area contributed by atoms with Crippen LogP contribution < -0.4 is 10.5 Å². The van der Waals surface area contributed by atoms with Gasteiger partial charge in [0.15, 0.2) is 17.3 Å². The van der Waals surface area contributed by atoms with Gasteiger partial charge in [-0.2, -0.15) is 0 Å². The van der Waals surface area contributed by atoms with Crippen LogP contribution in [-0.2, 0) is 4.79 Å². The number of methoxy groups -OCH3 is 1. The molecule has 14 heavy (non-hydrogen) atoms. The zero-order valence-corrected chi connectivity index (χ0v) is 8.15. The highest BCUT2D eigenvalue weighted by Crippen LogP contribution is 2.28. The Bertz CT molecular complexity index is 349. The van der Waals surface area contributed by atoms with Crippen LogP contribution in [0.1, 0.15) is 18.5 Å². The minimum Gasteiger partial charge on any atom is -0.504 e. The molecule has 0 spiro atoms. The van der Waals surface area contributed by atoms with E-state index >= 15 is 0 Å². The molecule has 4 heteroatoms. The summed E-state index contributed by atoms with van der Waals surface area (Å²) in [6.45, 7) is 1.42. The molecule has 1 aromatic rings. The monoisotopic (exact) mass is 195 g/mol. The molecule has 0 saturated carbocycles. The first kappa shape index (κ1) is 10.5. The molecule has 0 bridgehead atoms. The number of benzene rings is 1. The lowest BCUT2D eigenvalue weighted by Gasteiger charge is -2.10. The Morgan fingerprint density at radius 2 is 2.21 bits per heavy atom. The van der Waals surface area contributed by atoms with Crippen LogP contribution in [0, 0.1) is 0 Å². The zero-order valence-electron chi connectivity index (χ0n) is 8.15. The molecule has 1 rings (SSSR count). The Kier molecular flexibility index (Phi) is 3.09. The maximum atomic E-state index is 11.0. The van der Waals surface area contributed by atoms with Gasteiger partial charge in [0.05, 0.1) is 13.2 Å². The summed E-state index contributed by atoms with van der Waals surface area (Å²) in [7, 11) is 1.44. The van der Waals surface area contributed by atoms with Crippen molar-refractivity contribution in [2.75, 3.05) is 7.11 Å². The molecule has 1 atom stereocenters. The molecule has 0 amide bonds. The van der Waals surface area contributed by atoms with E-state index in [9.17, 15) is 9.90 Å². The van der Waals surface area contributed by atoms with Crippen molar-refractivity contribution in [2.24, 2.45) is 5.73 Å². The smallest absolute Gasteiger partial charge is 0.160 e. The van der Waals surface area contributed by atoms with Gasteiger partial charge >= 0.3 is 0 Å². The van der Waals surface area contributed by atoms with E-state index in [4.69, 9.17) is 10.5 Å². The molecule has 0 aromatic heterocycles. The number of ketones is 1. The van der Waals surface area contributed by atoms with E-state index < -0.39 is 6.04 Å². The van der Waals surface area contributed by atoms with Gasteiger partial charge in [0.1, 0.15) is 0 Å². The second-order valence-electron chi connectivity index (χ2n) is 3.02. The minimum atomic E-state index is -0.663. The number of rotatable bonds is 3. The fraction of sp³-hybridized carbons (Fsp3) is 0.300. The summed E-state index contributed by atoms with van der Waals surface area (Å²) < 4.78 is 4.90. The van der Waals surface area contributed by atoms with Crippen LogP contribution >= 0.6 is 0 Å². The number of hydrogen-bond donors (Lipinski definition) is 2. The second kappa shape index (κ2) is 4.11. The van der Waals surface area contributed by atoms with E-state index in [1.807, 2.05) is 0 Å². The number of ether oxygens (including phenoxy) is 1. The summed E-state index contributed by atoms with van der Waals surface area (Å²) in [6, 6.07) is 3.95. The molecule has 1 aromatic carbocycles.